The standard InChI is InChI=1S/C33H40F2N2O4/c1-21-27(24-9-13-26(14-10-24)40-20-15-23-7-11-25(34)12-8-23)29(37-18-16-33(6,35)17-19-37)28(22(2)36-21)30(31(38)39)41-32(3,4)5/h7-14,30H,15-20H2,1-6H3,(H,38,39). The normalized spacial score (nSPS) is 16.0. The molecule has 1 aliphatic heterocycles. The minimum Gasteiger partial charge on any atom is -0.493 e. The Balaban J connectivity index is 1.71. The molecule has 41 heavy (non-hydrogen) atoms. The van der Waals surface area contributed by atoms with Gasteiger partial charge in [-0.1, -0.05) is 24.3 Å². The van der Waals surface area contributed by atoms with Gasteiger partial charge < -0.3 is 19.5 Å². The first-order valence-electron chi connectivity index (χ1n) is 14.1. The minimum atomic E-state index is -1.27. The molecule has 0 spiro atoms. The summed E-state index contributed by atoms with van der Waals surface area (Å²) >= 11 is 0. The van der Waals surface area contributed by atoms with Crippen LogP contribution in [0.15, 0.2) is 48.5 Å². The van der Waals surface area contributed by atoms with E-state index in [1.165, 1.54) is 12.1 Å². The van der Waals surface area contributed by atoms with Gasteiger partial charge in [-0.2, -0.15) is 0 Å². The Bertz CT molecular complexity index is 1360. The van der Waals surface area contributed by atoms with Gasteiger partial charge in [0.15, 0.2) is 6.10 Å². The van der Waals surface area contributed by atoms with Crippen LogP contribution < -0.4 is 9.64 Å². The highest BCUT2D eigenvalue weighted by Gasteiger charge is 2.37. The number of ether oxygens (including phenoxy) is 2. The zero-order valence-electron chi connectivity index (χ0n) is 24.8. The van der Waals surface area contributed by atoms with Gasteiger partial charge in [-0.15, -0.1) is 0 Å². The number of aromatic nitrogens is 1. The van der Waals surface area contributed by atoms with Crippen molar-refractivity contribution in [2.75, 3.05) is 24.6 Å². The zero-order chi connectivity index (χ0) is 29.9. The van der Waals surface area contributed by atoms with E-state index < -0.39 is 23.3 Å². The second kappa shape index (κ2) is 12.1. The number of rotatable bonds is 9. The molecule has 1 aromatic heterocycles. The van der Waals surface area contributed by atoms with Crippen LogP contribution >= 0.6 is 0 Å². The highest BCUT2D eigenvalue weighted by molar-refractivity contribution is 5.88. The number of carboxylic acids is 1. The van der Waals surface area contributed by atoms with E-state index in [0.717, 1.165) is 28.1 Å². The van der Waals surface area contributed by atoms with Crippen molar-refractivity contribution in [3.8, 4) is 16.9 Å². The lowest BCUT2D eigenvalue weighted by atomic mass is 9.90. The van der Waals surface area contributed by atoms with E-state index in [1.54, 1.807) is 26.0 Å². The first-order valence-corrected chi connectivity index (χ1v) is 14.1. The average Bonchev–Trinajstić information content (AvgIpc) is 2.88. The minimum absolute atomic E-state index is 0.267. The molecule has 3 aromatic rings. The first-order chi connectivity index (χ1) is 19.2. The molecule has 0 bridgehead atoms. The monoisotopic (exact) mass is 566 g/mol. The molecule has 0 radical (unpaired) electrons. The first kappa shape index (κ1) is 30.4. The van der Waals surface area contributed by atoms with Crippen LogP contribution in [0.2, 0.25) is 0 Å². The number of pyridine rings is 1. The summed E-state index contributed by atoms with van der Waals surface area (Å²) in [7, 11) is 0. The zero-order valence-corrected chi connectivity index (χ0v) is 24.8. The number of carboxylic acid groups (broad SMARTS) is 1. The van der Waals surface area contributed by atoms with Crippen molar-refractivity contribution in [2.24, 2.45) is 0 Å². The summed E-state index contributed by atoms with van der Waals surface area (Å²) in [5.41, 5.74) is 3.20. The second-order valence-electron chi connectivity index (χ2n) is 12.0. The quantitative estimate of drug-likeness (QED) is 0.291. The molecule has 0 saturated carbocycles. The van der Waals surface area contributed by atoms with Crippen LogP contribution in [0, 0.1) is 19.7 Å². The maximum Gasteiger partial charge on any atom is 0.337 e. The van der Waals surface area contributed by atoms with Gasteiger partial charge in [-0.3, -0.25) is 4.98 Å². The van der Waals surface area contributed by atoms with Crippen LogP contribution in [0.3, 0.4) is 0 Å². The van der Waals surface area contributed by atoms with Gasteiger partial charge in [-0.25, -0.2) is 13.6 Å². The Morgan fingerprint density at radius 3 is 2.22 bits per heavy atom. The Morgan fingerprint density at radius 2 is 1.66 bits per heavy atom. The summed E-state index contributed by atoms with van der Waals surface area (Å²) in [6.07, 6.45) is 0.0730. The molecule has 220 valence electrons. The van der Waals surface area contributed by atoms with Crippen molar-refractivity contribution >= 4 is 11.7 Å². The van der Waals surface area contributed by atoms with Crippen LogP contribution in [0.1, 0.15) is 69.2 Å². The molecule has 1 N–H and O–H groups in total. The number of aryl methyl sites for hydroxylation is 2. The van der Waals surface area contributed by atoms with Gasteiger partial charge >= 0.3 is 5.97 Å². The number of piperidine rings is 1. The SMILES string of the molecule is Cc1nc(C)c(C(OC(C)(C)C)C(=O)O)c(N2CCC(C)(F)CC2)c1-c1ccc(OCCc2ccc(F)cc2)cc1. The van der Waals surface area contributed by atoms with Crippen molar-refractivity contribution in [1.82, 2.24) is 4.98 Å². The number of halogens is 2. The molecule has 2 aromatic carbocycles. The van der Waals surface area contributed by atoms with E-state index in [2.05, 4.69) is 4.90 Å². The number of benzene rings is 2. The van der Waals surface area contributed by atoms with Gasteiger partial charge in [0.1, 0.15) is 17.2 Å². The Hall–Kier alpha value is -3.52. The predicted molar refractivity (Wildman–Crippen MR) is 157 cm³/mol. The van der Waals surface area contributed by atoms with Crippen molar-refractivity contribution in [1.29, 1.82) is 0 Å². The van der Waals surface area contributed by atoms with Gasteiger partial charge in [0.25, 0.3) is 0 Å². The third kappa shape index (κ3) is 7.61. The van der Waals surface area contributed by atoms with Crippen molar-refractivity contribution < 1.29 is 28.2 Å². The molecule has 8 heteroatoms. The fraction of sp³-hybridized carbons (Fsp3) is 0.455. The number of nitrogens with zero attached hydrogens (tertiary/aromatic N) is 2. The molecule has 1 atom stereocenters. The third-order valence-corrected chi connectivity index (χ3v) is 7.37. The molecule has 1 aliphatic rings. The molecule has 1 saturated heterocycles. The molecular weight excluding hydrogens is 526 g/mol. The van der Waals surface area contributed by atoms with Crippen molar-refractivity contribution in [3.63, 3.8) is 0 Å². The molecule has 2 heterocycles. The van der Waals surface area contributed by atoms with Crippen molar-refractivity contribution in [2.45, 2.75) is 78.2 Å². The lowest BCUT2D eigenvalue weighted by molar-refractivity contribution is -0.160. The number of aliphatic carboxylic acids is 1. The van der Waals surface area contributed by atoms with Crippen LogP contribution in [-0.4, -0.2) is 47.0 Å². The number of hydrogen-bond acceptors (Lipinski definition) is 5. The fourth-order valence-corrected chi connectivity index (χ4v) is 5.27. The van der Waals surface area contributed by atoms with E-state index in [-0.39, 0.29) is 5.82 Å². The molecule has 0 aliphatic carbocycles. The summed E-state index contributed by atoms with van der Waals surface area (Å²) < 4.78 is 40.0. The van der Waals surface area contributed by atoms with E-state index in [4.69, 9.17) is 14.5 Å². The number of hydrogen-bond donors (Lipinski definition) is 1. The molecule has 6 nitrogen and oxygen atoms in total. The maximum atomic E-state index is 14.8. The van der Waals surface area contributed by atoms with E-state index in [0.29, 0.717) is 56.0 Å². The van der Waals surface area contributed by atoms with Gasteiger partial charge in [0, 0.05) is 42.0 Å². The van der Waals surface area contributed by atoms with Crippen LogP contribution in [0.25, 0.3) is 11.1 Å². The van der Waals surface area contributed by atoms with Crippen LogP contribution in [0.4, 0.5) is 14.5 Å². The number of anilines is 1. The van der Waals surface area contributed by atoms with Crippen LogP contribution in [0.5, 0.6) is 5.75 Å². The Kier molecular flexibility index (Phi) is 9.02. The van der Waals surface area contributed by atoms with E-state index >= 15 is 0 Å². The largest absolute Gasteiger partial charge is 0.493 e. The summed E-state index contributed by atoms with van der Waals surface area (Å²) in [6.45, 7) is 12.1. The van der Waals surface area contributed by atoms with Crippen LogP contribution in [-0.2, 0) is 16.0 Å². The summed E-state index contributed by atoms with van der Waals surface area (Å²) in [6, 6.07) is 14.0. The van der Waals surface area contributed by atoms with E-state index in [9.17, 15) is 18.7 Å². The highest BCUT2D eigenvalue weighted by atomic mass is 19.1. The molecular formula is C33H40F2N2O4. The molecule has 1 unspecified atom stereocenters. The van der Waals surface area contributed by atoms with Gasteiger partial charge in [-0.05, 0) is 89.8 Å². The summed E-state index contributed by atoms with van der Waals surface area (Å²) in [4.78, 5) is 19.5. The van der Waals surface area contributed by atoms with E-state index in [1.807, 2.05) is 52.0 Å². The summed E-state index contributed by atoms with van der Waals surface area (Å²) in [5, 5.41) is 10.3. The van der Waals surface area contributed by atoms with Gasteiger partial charge in [0.05, 0.1) is 17.9 Å². The Morgan fingerprint density at radius 1 is 1.05 bits per heavy atom. The lowest BCUT2D eigenvalue weighted by Gasteiger charge is -2.39. The fourth-order valence-electron chi connectivity index (χ4n) is 5.27. The third-order valence-electron chi connectivity index (χ3n) is 7.37. The molecule has 1 fully saturated rings. The lowest BCUT2D eigenvalue weighted by Crippen LogP contribution is -2.41. The number of alkyl halides is 1. The average molecular weight is 567 g/mol. The predicted octanol–water partition coefficient (Wildman–Crippen LogP) is 7.40. The molecule has 4 rings (SSSR count). The smallest absolute Gasteiger partial charge is 0.337 e. The highest BCUT2D eigenvalue weighted by Crippen LogP contribution is 2.44. The van der Waals surface area contributed by atoms with Gasteiger partial charge in [0.2, 0.25) is 0 Å². The molecule has 0 amide bonds. The Labute approximate surface area is 241 Å². The summed E-state index contributed by atoms with van der Waals surface area (Å²) in [5.74, 6) is -0.685. The maximum absolute atomic E-state index is 14.8. The topological polar surface area (TPSA) is 71.9 Å². The van der Waals surface area contributed by atoms with Crippen molar-refractivity contribution in [3.05, 3.63) is 76.9 Å². The second-order valence-corrected chi connectivity index (χ2v) is 12.0. The number of carbonyl (C=O) groups is 1.